The van der Waals surface area contributed by atoms with Crippen LogP contribution in [0.2, 0.25) is 12.6 Å². The maximum absolute atomic E-state index is 8.49. The molecule has 3 nitrogen and oxygen atoms in total. The van der Waals surface area contributed by atoms with E-state index in [1.54, 1.807) is 7.11 Å². The Labute approximate surface area is 63.2 Å². The molecule has 0 radical (unpaired) electrons. The number of rotatable bonds is 5. The molecule has 0 saturated carbocycles. The Morgan fingerprint density at radius 2 is 2.10 bits per heavy atom. The molecular weight excluding hydrogens is 148 g/mol. The lowest BCUT2D eigenvalue weighted by atomic mass is 10.6. The first-order valence-electron chi connectivity index (χ1n) is 3.48. The normalized spacial score (nSPS) is 16.8. The van der Waals surface area contributed by atoms with Crippen molar-refractivity contribution in [3.8, 4) is 0 Å². The molecule has 0 aromatic rings. The topological polar surface area (TPSA) is 38.7 Å². The van der Waals surface area contributed by atoms with E-state index in [0.29, 0.717) is 0 Å². The van der Waals surface area contributed by atoms with Crippen LogP contribution in [0.5, 0.6) is 0 Å². The van der Waals surface area contributed by atoms with Crippen molar-refractivity contribution in [1.29, 1.82) is 0 Å². The third-order valence-electron chi connectivity index (χ3n) is 1.51. The van der Waals surface area contributed by atoms with Crippen molar-refractivity contribution in [1.82, 2.24) is 0 Å². The van der Waals surface area contributed by atoms with Crippen LogP contribution in [0.3, 0.4) is 0 Å². The van der Waals surface area contributed by atoms with Crippen LogP contribution < -0.4 is 0 Å². The van der Waals surface area contributed by atoms with Gasteiger partial charge in [-0.1, -0.05) is 13.3 Å². The monoisotopic (exact) mass is 164 g/mol. The van der Waals surface area contributed by atoms with Gasteiger partial charge in [0.25, 0.3) is 0 Å². The van der Waals surface area contributed by atoms with Gasteiger partial charge in [0.05, 0.1) is 0 Å². The van der Waals surface area contributed by atoms with Gasteiger partial charge in [-0.05, 0) is 12.6 Å². The maximum Gasteiger partial charge on any atom is 0.336 e. The highest BCUT2D eigenvalue weighted by Crippen LogP contribution is 2.13. The van der Waals surface area contributed by atoms with Crippen molar-refractivity contribution in [2.45, 2.75) is 25.9 Å². The Morgan fingerprint density at radius 3 is 2.40 bits per heavy atom. The van der Waals surface area contributed by atoms with E-state index in [1.165, 1.54) is 0 Å². The summed E-state index contributed by atoms with van der Waals surface area (Å²) in [7, 11) is -0.337. The lowest BCUT2D eigenvalue weighted by molar-refractivity contribution is 0.0615. The smallest absolute Gasteiger partial charge is 0.336 e. The highest BCUT2D eigenvalue weighted by atomic mass is 28.4. The second-order valence-corrected chi connectivity index (χ2v) is 5.83. The lowest BCUT2D eigenvalue weighted by Crippen LogP contribution is -2.37. The van der Waals surface area contributed by atoms with E-state index in [9.17, 15) is 0 Å². The summed E-state index contributed by atoms with van der Waals surface area (Å²) >= 11 is 0. The maximum atomic E-state index is 8.49. The molecule has 1 N–H and O–H groups in total. The van der Waals surface area contributed by atoms with E-state index >= 15 is 0 Å². The quantitative estimate of drug-likeness (QED) is 0.488. The molecule has 0 rings (SSSR count). The molecule has 0 amide bonds. The molecule has 0 aliphatic carbocycles. The Morgan fingerprint density at radius 1 is 1.50 bits per heavy atom. The Bertz CT molecular complexity index is 81.1. The second-order valence-electron chi connectivity index (χ2n) is 2.36. The van der Waals surface area contributed by atoms with E-state index in [4.69, 9.17) is 14.0 Å². The summed E-state index contributed by atoms with van der Waals surface area (Å²) in [5.74, 6) is 0. The predicted molar refractivity (Wildman–Crippen MR) is 41.9 cm³/mol. The van der Waals surface area contributed by atoms with Gasteiger partial charge in [-0.15, -0.1) is 0 Å². The summed E-state index contributed by atoms with van der Waals surface area (Å²) in [5.41, 5.74) is 0. The molecule has 1 atom stereocenters. The van der Waals surface area contributed by atoms with Crippen molar-refractivity contribution >= 4 is 8.56 Å². The lowest BCUT2D eigenvalue weighted by Gasteiger charge is -2.22. The molecule has 0 fully saturated rings. The van der Waals surface area contributed by atoms with Crippen LogP contribution in [-0.2, 0) is 8.85 Å². The third kappa shape index (κ3) is 3.31. The number of hydrogen-bond acceptors (Lipinski definition) is 3. The van der Waals surface area contributed by atoms with Crippen LogP contribution >= 0.6 is 0 Å². The molecule has 0 aliphatic rings. The summed E-state index contributed by atoms with van der Waals surface area (Å²) in [6.45, 7) is 3.80. The van der Waals surface area contributed by atoms with E-state index in [2.05, 4.69) is 6.92 Å². The van der Waals surface area contributed by atoms with Crippen LogP contribution in [-0.4, -0.2) is 27.6 Å². The molecule has 0 bridgehead atoms. The van der Waals surface area contributed by atoms with E-state index < -0.39 is 8.56 Å². The van der Waals surface area contributed by atoms with E-state index in [-0.39, 0.29) is 6.79 Å². The van der Waals surface area contributed by atoms with E-state index in [0.717, 1.165) is 12.5 Å². The molecule has 0 heterocycles. The van der Waals surface area contributed by atoms with Crippen molar-refractivity contribution in [3.63, 3.8) is 0 Å². The van der Waals surface area contributed by atoms with Crippen LogP contribution in [0, 0.1) is 0 Å². The number of aliphatic hydroxyl groups is 1. The van der Waals surface area contributed by atoms with Gasteiger partial charge < -0.3 is 14.0 Å². The van der Waals surface area contributed by atoms with Crippen molar-refractivity contribution in [3.05, 3.63) is 0 Å². The molecule has 0 aromatic carbocycles. The third-order valence-corrected chi connectivity index (χ3v) is 4.52. The summed E-state index contributed by atoms with van der Waals surface area (Å²) in [4.78, 5) is 0. The summed E-state index contributed by atoms with van der Waals surface area (Å²) in [6, 6.07) is 0.935. The number of aliphatic hydroxyl groups excluding tert-OH is 1. The molecule has 0 saturated heterocycles. The fourth-order valence-corrected chi connectivity index (χ4v) is 2.47. The zero-order chi connectivity index (χ0) is 8.04. The first-order chi connectivity index (χ1) is 4.68. The van der Waals surface area contributed by atoms with Crippen LogP contribution in [0.25, 0.3) is 0 Å². The van der Waals surface area contributed by atoms with Crippen molar-refractivity contribution in [2.75, 3.05) is 13.9 Å². The second kappa shape index (κ2) is 4.84. The Kier molecular flexibility index (Phi) is 4.89. The van der Waals surface area contributed by atoms with E-state index in [1.807, 2.05) is 6.55 Å². The molecular formula is C6H16O3Si. The first-order valence-corrected chi connectivity index (χ1v) is 6.01. The predicted octanol–water partition coefficient (Wildman–Crippen LogP) is 1.08. The van der Waals surface area contributed by atoms with Gasteiger partial charge in [0, 0.05) is 7.11 Å². The van der Waals surface area contributed by atoms with Gasteiger partial charge in [-0.3, -0.25) is 0 Å². The average Bonchev–Trinajstić information content (AvgIpc) is 1.89. The molecule has 0 aromatic heterocycles. The number of hydrogen-bond donors (Lipinski definition) is 1. The fourth-order valence-electron chi connectivity index (χ4n) is 0.824. The molecule has 0 spiro atoms. The minimum Gasteiger partial charge on any atom is -0.398 e. The van der Waals surface area contributed by atoms with Gasteiger partial charge in [-0.25, -0.2) is 0 Å². The van der Waals surface area contributed by atoms with Gasteiger partial charge in [0.15, 0.2) is 0 Å². The van der Waals surface area contributed by atoms with Gasteiger partial charge >= 0.3 is 8.56 Å². The van der Waals surface area contributed by atoms with Gasteiger partial charge in [-0.2, -0.15) is 0 Å². The standard InChI is InChI=1S/C6H16O3Si/c1-4-5-10(3,8-2)9-6-7/h7H,4-6H2,1-3H3. The van der Waals surface area contributed by atoms with Gasteiger partial charge in [0.2, 0.25) is 0 Å². The molecule has 4 heteroatoms. The average molecular weight is 164 g/mol. The first kappa shape index (κ1) is 10.1. The molecule has 0 aliphatic heterocycles. The van der Waals surface area contributed by atoms with Crippen molar-refractivity contribution < 1.29 is 14.0 Å². The minimum atomic E-state index is -1.97. The van der Waals surface area contributed by atoms with Crippen LogP contribution in [0.4, 0.5) is 0 Å². The zero-order valence-corrected chi connectivity index (χ0v) is 7.89. The van der Waals surface area contributed by atoms with Crippen LogP contribution in [0.1, 0.15) is 13.3 Å². The highest BCUT2D eigenvalue weighted by Gasteiger charge is 2.28. The largest absolute Gasteiger partial charge is 0.398 e. The molecule has 1 unspecified atom stereocenters. The minimum absolute atomic E-state index is 0.226. The Balaban J connectivity index is 3.69. The van der Waals surface area contributed by atoms with Crippen molar-refractivity contribution in [2.24, 2.45) is 0 Å². The molecule has 10 heavy (non-hydrogen) atoms. The van der Waals surface area contributed by atoms with Crippen LogP contribution in [0.15, 0.2) is 0 Å². The molecule has 62 valence electrons. The Hall–Kier alpha value is 0.0969. The van der Waals surface area contributed by atoms with Gasteiger partial charge in [0.1, 0.15) is 6.79 Å². The fraction of sp³-hybridized carbons (Fsp3) is 1.00. The summed E-state index contributed by atoms with van der Waals surface area (Å²) in [6.07, 6.45) is 1.04. The summed E-state index contributed by atoms with van der Waals surface area (Å²) in [5, 5.41) is 8.49. The zero-order valence-electron chi connectivity index (χ0n) is 6.89. The summed E-state index contributed by atoms with van der Waals surface area (Å²) < 4.78 is 10.3. The SMILES string of the molecule is CCC[Si](C)(OC)OCO. The highest BCUT2D eigenvalue weighted by molar-refractivity contribution is 6.65.